The topological polar surface area (TPSA) is 101 Å². The Morgan fingerprint density at radius 3 is 2.52 bits per heavy atom. The molecule has 1 fully saturated rings. The van der Waals surface area contributed by atoms with Gasteiger partial charge in [-0.15, -0.1) is 0 Å². The van der Waals surface area contributed by atoms with E-state index in [1.165, 1.54) is 0 Å². The van der Waals surface area contributed by atoms with E-state index in [1.807, 2.05) is 0 Å². The Morgan fingerprint density at radius 1 is 1.33 bits per heavy atom. The van der Waals surface area contributed by atoms with Gasteiger partial charge in [0, 0.05) is 6.04 Å². The molecule has 0 saturated carbocycles. The highest BCUT2D eigenvalue weighted by atomic mass is 32.2. The molecule has 0 radical (unpaired) electrons. The van der Waals surface area contributed by atoms with Gasteiger partial charge in [-0.1, -0.05) is 0 Å². The van der Waals surface area contributed by atoms with Crippen LogP contribution in [-0.4, -0.2) is 39.5 Å². The van der Waals surface area contributed by atoms with E-state index in [0.29, 0.717) is 0 Å². The van der Waals surface area contributed by atoms with Crippen LogP contribution in [0, 0.1) is 11.6 Å². The van der Waals surface area contributed by atoms with Crippen LogP contribution in [-0.2, 0) is 26.5 Å². The number of aliphatic hydroxyl groups excluding tert-OH is 1. The normalized spacial score (nSPS) is 21.6. The number of sulfone groups is 1. The first-order valence-corrected chi connectivity index (χ1v) is 9.27. The first-order valence-electron chi connectivity index (χ1n) is 5.97. The second-order valence-electron chi connectivity index (χ2n) is 4.72. The molecule has 1 aromatic rings. The predicted octanol–water partition coefficient (Wildman–Crippen LogP) is -0.0775. The Kier molecular flexibility index (Phi) is 4.34. The average molecular weight is 341 g/mol. The van der Waals surface area contributed by atoms with Crippen LogP contribution >= 0.6 is 0 Å². The van der Waals surface area contributed by atoms with Gasteiger partial charge in [0.1, 0.15) is 10.7 Å². The van der Waals surface area contributed by atoms with Crippen LogP contribution in [0.5, 0.6) is 0 Å². The highest BCUT2D eigenvalue weighted by molar-refractivity contribution is 7.92. The number of hydrogen-bond donors (Lipinski definition) is 2. The Hall–Kier alpha value is -1.10. The summed E-state index contributed by atoms with van der Waals surface area (Å²) in [7, 11) is -7.64. The van der Waals surface area contributed by atoms with Crippen molar-refractivity contribution in [2.24, 2.45) is 0 Å². The Bertz CT molecular complexity index is 761. The molecule has 1 atom stereocenters. The van der Waals surface area contributed by atoms with E-state index in [9.17, 15) is 25.6 Å². The monoisotopic (exact) mass is 341 g/mol. The van der Waals surface area contributed by atoms with Crippen LogP contribution < -0.4 is 4.72 Å². The van der Waals surface area contributed by atoms with Crippen molar-refractivity contribution in [1.29, 1.82) is 0 Å². The van der Waals surface area contributed by atoms with E-state index < -0.39 is 54.6 Å². The first kappa shape index (κ1) is 16.3. The molecule has 0 aromatic heterocycles. The lowest BCUT2D eigenvalue weighted by molar-refractivity contribution is 0.267. The summed E-state index contributed by atoms with van der Waals surface area (Å²) in [5.74, 6) is -2.95. The third-order valence-electron chi connectivity index (χ3n) is 3.15. The van der Waals surface area contributed by atoms with Gasteiger partial charge in [0.2, 0.25) is 10.0 Å². The molecule has 2 N–H and O–H groups in total. The number of nitrogens with one attached hydrogen (secondary N) is 1. The minimum absolute atomic E-state index is 0.0945. The van der Waals surface area contributed by atoms with E-state index in [-0.39, 0.29) is 17.9 Å². The van der Waals surface area contributed by atoms with Crippen LogP contribution in [0.2, 0.25) is 0 Å². The second-order valence-corrected chi connectivity index (χ2v) is 8.63. The molecule has 21 heavy (non-hydrogen) atoms. The Labute approximate surface area is 120 Å². The molecule has 1 unspecified atom stereocenters. The van der Waals surface area contributed by atoms with E-state index in [1.54, 1.807) is 0 Å². The largest absolute Gasteiger partial charge is 0.391 e. The van der Waals surface area contributed by atoms with E-state index in [0.717, 1.165) is 12.1 Å². The van der Waals surface area contributed by atoms with Gasteiger partial charge < -0.3 is 5.11 Å². The fraction of sp³-hybridized carbons (Fsp3) is 0.455. The summed E-state index contributed by atoms with van der Waals surface area (Å²) in [6.45, 7) is -0.987. The van der Waals surface area contributed by atoms with Gasteiger partial charge in [-0.3, -0.25) is 0 Å². The third kappa shape index (κ3) is 3.39. The molecule has 1 aromatic carbocycles. The van der Waals surface area contributed by atoms with Crippen molar-refractivity contribution >= 4 is 19.9 Å². The number of hydrogen-bond acceptors (Lipinski definition) is 5. The number of rotatable bonds is 4. The van der Waals surface area contributed by atoms with Crippen molar-refractivity contribution in [3.63, 3.8) is 0 Å². The summed E-state index contributed by atoms with van der Waals surface area (Å²) in [5.41, 5.74) is -0.753. The number of halogens is 2. The lowest BCUT2D eigenvalue weighted by Crippen LogP contribution is -2.36. The molecule has 1 saturated heterocycles. The van der Waals surface area contributed by atoms with E-state index >= 15 is 0 Å². The zero-order chi connectivity index (χ0) is 15.8. The SMILES string of the molecule is O=S1(=O)CCC(NS(=O)(=O)c2ccc(F)c(CO)c2F)C1. The van der Waals surface area contributed by atoms with Crippen LogP contribution in [0.1, 0.15) is 12.0 Å². The molecule has 0 amide bonds. The molecule has 118 valence electrons. The smallest absolute Gasteiger partial charge is 0.243 e. The number of benzene rings is 1. The Balaban J connectivity index is 2.33. The van der Waals surface area contributed by atoms with E-state index in [4.69, 9.17) is 5.11 Å². The molecule has 0 spiro atoms. The Morgan fingerprint density at radius 2 is 2.00 bits per heavy atom. The molecule has 2 rings (SSSR count). The first-order chi connectivity index (χ1) is 9.66. The summed E-state index contributed by atoms with van der Waals surface area (Å²) in [6.07, 6.45) is 0.0945. The molecule has 0 bridgehead atoms. The lowest BCUT2D eigenvalue weighted by Gasteiger charge is -2.13. The second kappa shape index (κ2) is 5.59. The molecule has 6 nitrogen and oxygen atoms in total. The number of aliphatic hydroxyl groups is 1. The zero-order valence-corrected chi connectivity index (χ0v) is 12.3. The van der Waals surface area contributed by atoms with Crippen molar-refractivity contribution in [3.05, 3.63) is 29.3 Å². The van der Waals surface area contributed by atoms with Crippen LogP contribution in [0.3, 0.4) is 0 Å². The quantitative estimate of drug-likeness (QED) is 0.798. The third-order valence-corrected chi connectivity index (χ3v) is 6.46. The van der Waals surface area contributed by atoms with Gasteiger partial charge >= 0.3 is 0 Å². The fourth-order valence-electron chi connectivity index (χ4n) is 2.10. The van der Waals surface area contributed by atoms with Crippen LogP contribution in [0.4, 0.5) is 8.78 Å². The van der Waals surface area contributed by atoms with Crippen molar-refractivity contribution in [3.8, 4) is 0 Å². The minimum atomic E-state index is -4.34. The maximum Gasteiger partial charge on any atom is 0.243 e. The molecule has 0 aliphatic carbocycles. The van der Waals surface area contributed by atoms with Gasteiger partial charge in [0.15, 0.2) is 15.7 Å². The summed E-state index contributed by atoms with van der Waals surface area (Å²) >= 11 is 0. The summed E-state index contributed by atoms with van der Waals surface area (Å²) in [6, 6.07) is 0.617. The zero-order valence-electron chi connectivity index (χ0n) is 10.7. The summed E-state index contributed by atoms with van der Waals surface area (Å²) in [5, 5.41) is 8.87. The molecule has 1 aliphatic heterocycles. The van der Waals surface area contributed by atoms with Gasteiger partial charge in [-0.05, 0) is 18.6 Å². The minimum Gasteiger partial charge on any atom is -0.391 e. The molecular formula is C11H13F2NO5S2. The van der Waals surface area contributed by atoms with Crippen molar-refractivity contribution < 1.29 is 30.7 Å². The molecule has 1 heterocycles. The maximum absolute atomic E-state index is 13.9. The standard InChI is InChI=1S/C11H13F2NO5S2/c12-9-1-2-10(11(13)8(9)5-15)21(18,19)14-7-3-4-20(16,17)6-7/h1-2,7,14-15H,3-6H2. The summed E-state index contributed by atoms with van der Waals surface area (Å²) < 4.78 is 75.9. The maximum atomic E-state index is 13.9. The number of sulfonamides is 1. The molecule has 10 heteroatoms. The summed E-state index contributed by atoms with van der Waals surface area (Å²) in [4.78, 5) is -0.822. The van der Waals surface area contributed by atoms with Crippen LogP contribution in [0.25, 0.3) is 0 Å². The van der Waals surface area contributed by atoms with Gasteiger partial charge in [-0.25, -0.2) is 30.3 Å². The highest BCUT2D eigenvalue weighted by Crippen LogP contribution is 2.22. The van der Waals surface area contributed by atoms with E-state index in [2.05, 4.69) is 4.72 Å². The highest BCUT2D eigenvalue weighted by Gasteiger charge is 2.33. The van der Waals surface area contributed by atoms with Crippen molar-refractivity contribution in [2.75, 3.05) is 11.5 Å². The molecular weight excluding hydrogens is 328 g/mol. The van der Waals surface area contributed by atoms with Crippen molar-refractivity contribution in [2.45, 2.75) is 24.0 Å². The van der Waals surface area contributed by atoms with Gasteiger partial charge in [-0.2, -0.15) is 0 Å². The fourth-order valence-corrected chi connectivity index (χ4v) is 5.25. The average Bonchev–Trinajstić information content (AvgIpc) is 2.68. The van der Waals surface area contributed by atoms with Crippen LogP contribution in [0.15, 0.2) is 17.0 Å². The lowest BCUT2D eigenvalue weighted by atomic mass is 10.2. The predicted molar refractivity (Wildman–Crippen MR) is 69.7 cm³/mol. The van der Waals surface area contributed by atoms with Crippen molar-refractivity contribution in [1.82, 2.24) is 4.72 Å². The van der Waals surface area contributed by atoms with Gasteiger partial charge in [0.25, 0.3) is 0 Å². The molecule has 1 aliphatic rings. The van der Waals surface area contributed by atoms with Gasteiger partial charge in [0.05, 0.1) is 23.7 Å².